The van der Waals surface area contributed by atoms with E-state index in [0.29, 0.717) is 23.0 Å². The molecule has 1 heterocycles. The predicted molar refractivity (Wildman–Crippen MR) is 133 cm³/mol. The van der Waals surface area contributed by atoms with Gasteiger partial charge in [0.2, 0.25) is 0 Å². The first kappa shape index (κ1) is 24.0. The fraction of sp³-hybridized carbons (Fsp3) is 0.296. The van der Waals surface area contributed by atoms with Crippen molar-refractivity contribution >= 4 is 22.7 Å². The van der Waals surface area contributed by atoms with Crippen LogP contribution in [-0.4, -0.2) is 23.0 Å². The van der Waals surface area contributed by atoms with Crippen molar-refractivity contribution in [2.24, 2.45) is 5.92 Å². The fourth-order valence-corrected chi connectivity index (χ4v) is 3.79. The molecular weight excluding hydrogens is 414 g/mol. The number of benzene rings is 2. The molecule has 3 aromatic rings. The molecule has 0 aliphatic rings. The van der Waals surface area contributed by atoms with Crippen LogP contribution in [0.1, 0.15) is 50.4 Å². The van der Waals surface area contributed by atoms with Crippen molar-refractivity contribution in [1.82, 2.24) is 9.97 Å². The Morgan fingerprint density at radius 1 is 1.15 bits per heavy atom. The second-order valence-electron chi connectivity index (χ2n) is 7.93. The van der Waals surface area contributed by atoms with Gasteiger partial charge in [0.05, 0.1) is 18.2 Å². The molecule has 2 aromatic carbocycles. The third kappa shape index (κ3) is 6.19. The van der Waals surface area contributed by atoms with Crippen LogP contribution in [0.25, 0.3) is 10.9 Å². The van der Waals surface area contributed by atoms with E-state index >= 15 is 0 Å². The highest BCUT2D eigenvalue weighted by Crippen LogP contribution is 2.28. The number of ether oxygens (including phenoxy) is 2. The van der Waals surface area contributed by atoms with Gasteiger partial charge in [0, 0.05) is 11.1 Å². The van der Waals surface area contributed by atoms with Crippen molar-refractivity contribution in [2.45, 2.75) is 40.0 Å². The van der Waals surface area contributed by atoms with E-state index < -0.39 is 5.97 Å². The van der Waals surface area contributed by atoms with Crippen LogP contribution in [0.15, 0.2) is 72.5 Å². The highest BCUT2D eigenvalue weighted by molar-refractivity contribution is 5.90. The van der Waals surface area contributed by atoms with Crippen molar-refractivity contribution < 1.29 is 14.3 Å². The lowest BCUT2D eigenvalue weighted by molar-refractivity contribution is 0.0600. The second-order valence-corrected chi connectivity index (χ2v) is 7.93. The molecule has 0 saturated carbocycles. The zero-order valence-corrected chi connectivity index (χ0v) is 19.7. The zero-order valence-electron chi connectivity index (χ0n) is 19.7. The number of anilines is 1. The van der Waals surface area contributed by atoms with E-state index in [4.69, 9.17) is 9.47 Å². The van der Waals surface area contributed by atoms with E-state index in [0.717, 1.165) is 35.9 Å². The van der Waals surface area contributed by atoms with E-state index in [2.05, 4.69) is 48.7 Å². The lowest BCUT2D eigenvalue weighted by Gasteiger charge is -2.16. The lowest BCUT2D eigenvalue weighted by atomic mass is 9.92. The van der Waals surface area contributed by atoms with Gasteiger partial charge in [-0.1, -0.05) is 50.6 Å². The van der Waals surface area contributed by atoms with Crippen LogP contribution in [-0.2, 0) is 4.74 Å². The number of carbonyl (C=O) groups is 1. The Labute approximate surface area is 195 Å². The van der Waals surface area contributed by atoms with Crippen molar-refractivity contribution in [2.75, 3.05) is 12.4 Å². The van der Waals surface area contributed by atoms with Gasteiger partial charge in [-0.3, -0.25) is 0 Å². The third-order valence-electron chi connectivity index (χ3n) is 5.50. The summed E-state index contributed by atoms with van der Waals surface area (Å²) in [6.45, 7) is 10.8. The molecular formula is C27H31N3O3. The molecule has 1 N–H and O–H groups in total. The average molecular weight is 446 g/mol. The van der Waals surface area contributed by atoms with E-state index in [1.54, 1.807) is 24.3 Å². The molecule has 1 atom stereocenters. The maximum atomic E-state index is 11.8. The van der Waals surface area contributed by atoms with E-state index in [1.807, 2.05) is 24.3 Å². The van der Waals surface area contributed by atoms with Gasteiger partial charge < -0.3 is 14.8 Å². The minimum atomic E-state index is -0.436. The van der Waals surface area contributed by atoms with E-state index in [9.17, 15) is 4.79 Å². The molecule has 172 valence electrons. The largest absolute Gasteiger partial charge is 0.465 e. The molecule has 0 spiro atoms. The Bertz CT molecular complexity index is 1170. The number of allylic oxidation sites excluding steroid dienone is 2. The molecule has 0 fully saturated rings. The van der Waals surface area contributed by atoms with E-state index in [1.165, 1.54) is 12.7 Å². The minimum Gasteiger partial charge on any atom is -0.465 e. The molecule has 33 heavy (non-hydrogen) atoms. The standard InChI is InChI=1S/C27H31N3O3/c1-6-11-20(7-2)18(3)16-19(4)28-25-23-14-8-9-15-24(23)29-27(30-25)33-22-13-10-12-21(17-22)26(31)32-5/h8-10,12-17,20H,4,6-7,11H2,1-3,5H3,(H,28,29,30)/b18-16-. The maximum absolute atomic E-state index is 11.8. The van der Waals surface area contributed by atoms with Crippen molar-refractivity contribution in [3.05, 3.63) is 78.0 Å². The summed E-state index contributed by atoms with van der Waals surface area (Å²) in [5.41, 5.74) is 3.18. The minimum absolute atomic E-state index is 0.170. The van der Waals surface area contributed by atoms with Gasteiger partial charge in [0.1, 0.15) is 11.6 Å². The van der Waals surface area contributed by atoms with Crippen LogP contribution in [0.5, 0.6) is 11.8 Å². The smallest absolute Gasteiger partial charge is 0.337 e. The van der Waals surface area contributed by atoms with Crippen LogP contribution in [0.4, 0.5) is 5.82 Å². The molecule has 0 amide bonds. The SMILES string of the molecule is C=C(/C=C(/C)C(CC)CCC)Nc1nc(Oc2cccc(C(=O)OC)c2)nc2ccccc12. The second kappa shape index (κ2) is 11.3. The summed E-state index contributed by atoms with van der Waals surface area (Å²) in [7, 11) is 1.34. The summed E-state index contributed by atoms with van der Waals surface area (Å²) in [5, 5.41) is 4.19. The predicted octanol–water partition coefficient (Wildman–Crippen LogP) is 6.91. The molecule has 6 nitrogen and oxygen atoms in total. The number of hydrogen-bond donors (Lipinski definition) is 1. The highest BCUT2D eigenvalue weighted by Gasteiger charge is 2.13. The Morgan fingerprint density at radius 2 is 1.94 bits per heavy atom. The monoisotopic (exact) mass is 445 g/mol. The van der Waals surface area contributed by atoms with Crippen molar-refractivity contribution in [1.29, 1.82) is 0 Å². The van der Waals surface area contributed by atoms with Gasteiger partial charge in [0.15, 0.2) is 0 Å². The Morgan fingerprint density at radius 3 is 2.67 bits per heavy atom. The van der Waals surface area contributed by atoms with Gasteiger partial charge in [-0.15, -0.1) is 0 Å². The molecule has 6 heteroatoms. The summed E-state index contributed by atoms with van der Waals surface area (Å²) in [6, 6.07) is 14.6. The van der Waals surface area contributed by atoms with Crippen LogP contribution in [0.2, 0.25) is 0 Å². The number of methoxy groups -OCH3 is 1. The van der Waals surface area contributed by atoms with Crippen LogP contribution < -0.4 is 10.1 Å². The molecule has 0 aliphatic carbocycles. The molecule has 0 saturated heterocycles. The first-order valence-corrected chi connectivity index (χ1v) is 11.2. The number of carbonyl (C=O) groups excluding carboxylic acids is 1. The normalized spacial score (nSPS) is 12.3. The van der Waals surface area contributed by atoms with Gasteiger partial charge in [0.25, 0.3) is 0 Å². The number of para-hydroxylation sites is 1. The zero-order chi connectivity index (χ0) is 23.8. The number of esters is 1. The Kier molecular flexibility index (Phi) is 8.19. The number of aromatic nitrogens is 2. The first-order chi connectivity index (χ1) is 15.9. The van der Waals surface area contributed by atoms with Gasteiger partial charge in [-0.05, 0) is 62.1 Å². The van der Waals surface area contributed by atoms with Gasteiger partial charge in [-0.25, -0.2) is 4.79 Å². The van der Waals surface area contributed by atoms with Crippen LogP contribution >= 0.6 is 0 Å². The summed E-state index contributed by atoms with van der Waals surface area (Å²) < 4.78 is 10.7. The number of fused-ring (bicyclic) bond motifs is 1. The van der Waals surface area contributed by atoms with Crippen molar-refractivity contribution in [3.8, 4) is 11.8 Å². The van der Waals surface area contributed by atoms with Crippen LogP contribution in [0.3, 0.4) is 0 Å². The summed E-state index contributed by atoms with van der Waals surface area (Å²) in [6.07, 6.45) is 5.49. The summed E-state index contributed by atoms with van der Waals surface area (Å²) in [5.74, 6) is 1.15. The fourth-order valence-electron chi connectivity index (χ4n) is 3.79. The van der Waals surface area contributed by atoms with Crippen molar-refractivity contribution in [3.63, 3.8) is 0 Å². The number of hydrogen-bond acceptors (Lipinski definition) is 6. The Hall–Kier alpha value is -3.67. The lowest BCUT2D eigenvalue weighted by Crippen LogP contribution is -2.05. The summed E-state index contributed by atoms with van der Waals surface area (Å²) in [4.78, 5) is 20.9. The maximum Gasteiger partial charge on any atom is 0.337 e. The quantitative estimate of drug-likeness (QED) is 0.270. The number of nitrogens with one attached hydrogen (secondary N) is 1. The van der Waals surface area contributed by atoms with E-state index in [-0.39, 0.29) is 6.01 Å². The molecule has 0 radical (unpaired) electrons. The third-order valence-corrected chi connectivity index (χ3v) is 5.50. The average Bonchev–Trinajstić information content (AvgIpc) is 2.82. The summed E-state index contributed by atoms with van der Waals surface area (Å²) >= 11 is 0. The van der Waals surface area contributed by atoms with Crippen LogP contribution in [0, 0.1) is 5.92 Å². The molecule has 0 aliphatic heterocycles. The number of nitrogens with zero attached hydrogens (tertiary/aromatic N) is 2. The first-order valence-electron chi connectivity index (χ1n) is 11.2. The Balaban J connectivity index is 1.90. The van der Waals surface area contributed by atoms with Gasteiger partial charge >= 0.3 is 12.0 Å². The highest BCUT2D eigenvalue weighted by atomic mass is 16.5. The molecule has 3 rings (SSSR count). The molecule has 1 unspecified atom stereocenters. The topological polar surface area (TPSA) is 73.3 Å². The molecule has 0 bridgehead atoms. The van der Waals surface area contributed by atoms with Gasteiger partial charge in [-0.2, -0.15) is 9.97 Å². The molecule has 1 aromatic heterocycles. The number of rotatable bonds is 10.